The normalized spacial score (nSPS) is 10.8. The summed E-state index contributed by atoms with van der Waals surface area (Å²) in [5.74, 6) is -0.254. The summed E-state index contributed by atoms with van der Waals surface area (Å²) in [5, 5.41) is 10.7. The van der Waals surface area contributed by atoms with Crippen molar-refractivity contribution in [3.63, 3.8) is 0 Å². The van der Waals surface area contributed by atoms with Crippen molar-refractivity contribution in [3.8, 4) is 16.3 Å². The summed E-state index contributed by atoms with van der Waals surface area (Å²) in [6.07, 6.45) is 0. The average molecular weight is 409 g/mol. The van der Waals surface area contributed by atoms with Crippen LogP contribution in [0.2, 0.25) is 5.02 Å². The molecule has 2 aromatic carbocycles. The molecule has 0 aliphatic rings. The van der Waals surface area contributed by atoms with Crippen LogP contribution in [0, 0.1) is 13.8 Å². The van der Waals surface area contributed by atoms with E-state index in [2.05, 4.69) is 15.4 Å². The van der Waals surface area contributed by atoms with Crippen LogP contribution in [0.4, 0.5) is 5.69 Å². The van der Waals surface area contributed by atoms with E-state index in [0.29, 0.717) is 16.4 Å². The molecule has 28 heavy (non-hydrogen) atoms. The molecule has 0 bridgehead atoms. The standard InChI is InChI=1S/C21H17ClN4OS/c1-13-19(14(2)26(25-13)17-6-4-3-5-7-17)24-20(27)18-12-28-21(23-18)15-8-10-16(22)11-9-15/h3-12H,1-2H3,(H,24,27). The van der Waals surface area contributed by atoms with E-state index in [1.165, 1.54) is 11.3 Å². The van der Waals surface area contributed by atoms with Crippen LogP contribution in [-0.2, 0) is 0 Å². The van der Waals surface area contributed by atoms with Crippen molar-refractivity contribution in [2.75, 3.05) is 5.32 Å². The second kappa shape index (κ2) is 7.58. The van der Waals surface area contributed by atoms with E-state index in [1.807, 2.05) is 73.1 Å². The summed E-state index contributed by atoms with van der Waals surface area (Å²) in [5.41, 5.74) is 4.57. The number of rotatable bonds is 4. The number of nitrogens with one attached hydrogen (secondary N) is 1. The second-order valence-corrected chi connectivity index (χ2v) is 7.59. The van der Waals surface area contributed by atoms with Crippen LogP contribution in [0.5, 0.6) is 0 Å². The van der Waals surface area contributed by atoms with Gasteiger partial charge in [-0.15, -0.1) is 11.3 Å². The number of aryl methyl sites for hydroxylation is 1. The predicted octanol–water partition coefficient (Wildman–Crippen LogP) is 5.52. The maximum atomic E-state index is 12.7. The fourth-order valence-corrected chi connectivity index (χ4v) is 3.86. The zero-order valence-corrected chi connectivity index (χ0v) is 16.9. The molecule has 0 radical (unpaired) electrons. The number of nitrogens with zero attached hydrogens (tertiary/aromatic N) is 3. The lowest BCUT2D eigenvalue weighted by Gasteiger charge is -2.06. The van der Waals surface area contributed by atoms with Crippen molar-refractivity contribution in [3.05, 3.63) is 82.1 Å². The first-order valence-electron chi connectivity index (χ1n) is 8.67. The van der Waals surface area contributed by atoms with E-state index in [-0.39, 0.29) is 5.91 Å². The second-order valence-electron chi connectivity index (χ2n) is 6.29. The van der Waals surface area contributed by atoms with Crippen LogP contribution in [0.15, 0.2) is 60.0 Å². The first-order chi connectivity index (χ1) is 13.5. The number of benzene rings is 2. The topological polar surface area (TPSA) is 59.8 Å². The Bertz CT molecular complexity index is 1130. The number of amides is 1. The van der Waals surface area contributed by atoms with E-state index in [4.69, 9.17) is 11.6 Å². The van der Waals surface area contributed by atoms with Gasteiger partial charge in [0.05, 0.1) is 22.8 Å². The predicted molar refractivity (Wildman–Crippen MR) is 114 cm³/mol. The molecule has 1 N–H and O–H groups in total. The minimum Gasteiger partial charge on any atom is -0.317 e. The number of aromatic nitrogens is 3. The van der Waals surface area contributed by atoms with Crippen LogP contribution in [0.1, 0.15) is 21.9 Å². The van der Waals surface area contributed by atoms with Gasteiger partial charge >= 0.3 is 0 Å². The molecule has 0 fully saturated rings. The van der Waals surface area contributed by atoms with Crippen LogP contribution < -0.4 is 5.32 Å². The lowest BCUT2D eigenvalue weighted by Crippen LogP contribution is -2.13. The highest BCUT2D eigenvalue weighted by Gasteiger charge is 2.18. The molecule has 0 aliphatic carbocycles. The van der Waals surface area contributed by atoms with Gasteiger partial charge in [-0.1, -0.05) is 41.9 Å². The summed E-state index contributed by atoms with van der Waals surface area (Å²) in [4.78, 5) is 17.2. The van der Waals surface area contributed by atoms with E-state index in [0.717, 1.165) is 27.6 Å². The number of anilines is 1. The van der Waals surface area contributed by atoms with Gasteiger partial charge in [0.1, 0.15) is 10.7 Å². The molecule has 0 atom stereocenters. The number of para-hydroxylation sites is 1. The molecule has 4 rings (SSSR count). The number of carbonyl (C=O) groups is 1. The van der Waals surface area contributed by atoms with Crippen molar-refractivity contribution in [2.24, 2.45) is 0 Å². The molecule has 0 unspecified atom stereocenters. The highest BCUT2D eigenvalue weighted by atomic mass is 35.5. The molecular weight excluding hydrogens is 392 g/mol. The third kappa shape index (κ3) is 3.56. The van der Waals surface area contributed by atoms with Crippen LogP contribution >= 0.6 is 22.9 Å². The monoisotopic (exact) mass is 408 g/mol. The first-order valence-corrected chi connectivity index (χ1v) is 9.93. The Kier molecular flexibility index (Phi) is 4.98. The number of carbonyl (C=O) groups excluding carboxylic acids is 1. The van der Waals surface area contributed by atoms with Gasteiger partial charge in [-0.05, 0) is 38.1 Å². The lowest BCUT2D eigenvalue weighted by atomic mass is 10.2. The van der Waals surface area contributed by atoms with Gasteiger partial charge in [0.25, 0.3) is 5.91 Å². The molecule has 1 amide bonds. The highest BCUT2D eigenvalue weighted by molar-refractivity contribution is 7.13. The Morgan fingerprint density at radius 1 is 1.07 bits per heavy atom. The van der Waals surface area contributed by atoms with Crippen molar-refractivity contribution < 1.29 is 4.79 Å². The Balaban J connectivity index is 1.58. The Labute approximate surface area is 171 Å². The van der Waals surface area contributed by atoms with E-state index >= 15 is 0 Å². The smallest absolute Gasteiger partial charge is 0.275 e. The van der Waals surface area contributed by atoms with Crippen molar-refractivity contribution >= 4 is 34.5 Å². The molecule has 0 spiro atoms. The van der Waals surface area contributed by atoms with Gasteiger partial charge in [-0.25, -0.2) is 9.67 Å². The summed E-state index contributed by atoms with van der Waals surface area (Å²) >= 11 is 7.35. The highest BCUT2D eigenvalue weighted by Crippen LogP contribution is 2.27. The number of thiazole rings is 1. The fourth-order valence-electron chi connectivity index (χ4n) is 2.92. The average Bonchev–Trinajstić information content (AvgIpc) is 3.30. The zero-order chi connectivity index (χ0) is 19.7. The SMILES string of the molecule is Cc1nn(-c2ccccc2)c(C)c1NC(=O)c1csc(-c2ccc(Cl)cc2)n1. The molecule has 0 saturated carbocycles. The zero-order valence-electron chi connectivity index (χ0n) is 15.3. The Morgan fingerprint density at radius 3 is 2.50 bits per heavy atom. The third-order valence-electron chi connectivity index (χ3n) is 4.36. The van der Waals surface area contributed by atoms with E-state index in [9.17, 15) is 4.79 Å². The summed E-state index contributed by atoms with van der Waals surface area (Å²) in [6, 6.07) is 17.2. The Hall–Kier alpha value is -2.96. The van der Waals surface area contributed by atoms with E-state index < -0.39 is 0 Å². The fraction of sp³-hybridized carbons (Fsp3) is 0.0952. The largest absolute Gasteiger partial charge is 0.317 e. The van der Waals surface area contributed by atoms with Gasteiger partial charge in [0, 0.05) is 16.0 Å². The maximum Gasteiger partial charge on any atom is 0.275 e. The van der Waals surface area contributed by atoms with Gasteiger partial charge in [-0.3, -0.25) is 4.79 Å². The molecule has 0 aliphatic heterocycles. The minimum absolute atomic E-state index is 0.254. The van der Waals surface area contributed by atoms with Gasteiger partial charge in [0.15, 0.2) is 0 Å². The molecule has 7 heteroatoms. The molecular formula is C21H17ClN4OS. The Morgan fingerprint density at radius 2 is 1.79 bits per heavy atom. The number of halogens is 1. The van der Waals surface area contributed by atoms with Crippen LogP contribution in [-0.4, -0.2) is 20.7 Å². The van der Waals surface area contributed by atoms with Gasteiger partial charge in [0.2, 0.25) is 0 Å². The minimum atomic E-state index is -0.254. The summed E-state index contributed by atoms with van der Waals surface area (Å²) in [6.45, 7) is 3.81. The molecule has 140 valence electrons. The molecule has 4 aromatic rings. The van der Waals surface area contributed by atoms with Gasteiger partial charge in [-0.2, -0.15) is 5.10 Å². The molecule has 5 nitrogen and oxygen atoms in total. The van der Waals surface area contributed by atoms with Crippen molar-refractivity contribution in [2.45, 2.75) is 13.8 Å². The van der Waals surface area contributed by atoms with E-state index in [1.54, 1.807) is 5.38 Å². The third-order valence-corrected chi connectivity index (χ3v) is 5.50. The molecule has 2 heterocycles. The van der Waals surface area contributed by atoms with Crippen LogP contribution in [0.25, 0.3) is 16.3 Å². The van der Waals surface area contributed by atoms with Gasteiger partial charge < -0.3 is 5.32 Å². The van der Waals surface area contributed by atoms with Crippen LogP contribution in [0.3, 0.4) is 0 Å². The quantitative estimate of drug-likeness (QED) is 0.483. The summed E-state index contributed by atoms with van der Waals surface area (Å²) in [7, 11) is 0. The molecule has 0 saturated heterocycles. The summed E-state index contributed by atoms with van der Waals surface area (Å²) < 4.78 is 1.82. The molecule has 2 aromatic heterocycles. The first kappa shape index (κ1) is 18.4. The lowest BCUT2D eigenvalue weighted by molar-refractivity contribution is 0.102. The van der Waals surface area contributed by atoms with Crippen molar-refractivity contribution in [1.29, 1.82) is 0 Å². The number of hydrogen-bond acceptors (Lipinski definition) is 4. The number of hydrogen-bond donors (Lipinski definition) is 1. The van der Waals surface area contributed by atoms with Crippen molar-refractivity contribution in [1.82, 2.24) is 14.8 Å². The maximum absolute atomic E-state index is 12.7.